The summed E-state index contributed by atoms with van der Waals surface area (Å²) in [5.41, 5.74) is 4.27. The summed E-state index contributed by atoms with van der Waals surface area (Å²) in [6, 6.07) is 21.6. The number of halogens is 3. The van der Waals surface area contributed by atoms with Crippen LogP contribution in [-0.4, -0.2) is 41.9 Å². The third kappa shape index (κ3) is 6.84. The summed E-state index contributed by atoms with van der Waals surface area (Å²) < 4.78 is 39.9. The lowest BCUT2D eigenvalue weighted by molar-refractivity contribution is -0.137. The van der Waals surface area contributed by atoms with Gasteiger partial charge in [0.2, 0.25) is 0 Å². The maximum Gasteiger partial charge on any atom is 0.416 e. The van der Waals surface area contributed by atoms with Crippen LogP contribution in [0.15, 0.2) is 72.8 Å². The van der Waals surface area contributed by atoms with Crippen LogP contribution < -0.4 is 0 Å². The van der Waals surface area contributed by atoms with E-state index in [-0.39, 0.29) is 17.7 Å². The van der Waals surface area contributed by atoms with Crippen molar-refractivity contribution >= 4 is 5.91 Å². The predicted octanol–water partition coefficient (Wildman–Crippen LogP) is 7.34. The largest absolute Gasteiger partial charge is 0.416 e. The summed E-state index contributed by atoms with van der Waals surface area (Å²) in [7, 11) is 0. The molecular weight excluding hydrogens is 485 g/mol. The standard InChI is InChI=1S/C32H37F3N2O/c1-22(2)17-37(31(38)26-14-12-23(3)13-15-26)20-27-19-36(21-30(27)29-11-6-5-8-24(29)4)18-25-9-7-10-28(16-25)32(33,34)35/h5-16,22,27,30H,17-21H2,1-4H3. The number of hydrogen-bond acceptors (Lipinski definition) is 2. The lowest BCUT2D eigenvalue weighted by atomic mass is 9.86. The SMILES string of the molecule is Cc1ccc(C(=O)N(CC(C)C)CC2CN(Cc3cccc(C(F)(F)F)c3)CC2c2ccccc2C)cc1. The fourth-order valence-electron chi connectivity index (χ4n) is 5.58. The Morgan fingerprint density at radius 3 is 2.34 bits per heavy atom. The first-order chi connectivity index (χ1) is 18.0. The predicted molar refractivity (Wildman–Crippen MR) is 146 cm³/mol. The van der Waals surface area contributed by atoms with Crippen molar-refractivity contribution in [2.45, 2.75) is 46.3 Å². The molecule has 0 N–H and O–H groups in total. The third-order valence-corrected chi connectivity index (χ3v) is 7.39. The molecule has 0 saturated carbocycles. The quantitative estimate of drug-likeness (QED) is 0.309. The van der Waals surface area contributed by atoms with Crippen LogP contribution in [0.1, 0.15) is 57.9 Å². The van der Waals surface area contributed by atoms with Crippen molar-refractivity contribution in [2.75, 3.05) is 26.2 Å². The van der Waals surface area contributed by atoms with Gasteiger partial charge in [0.15, 0.2) is 0 Å². The Bertz CT molecular complexity index is 1240. The summed E-state index contributed by atoms with van der Waals surface area (Å²) in [4.78, 5) is 17.8. The number of alkyl halides is 3. The monoisotopic (exact) mass is 522 g/mol. The van der Waals surface area contributed by atoms with Gasteiger partial charge in [-0.05, 0) is 60.6 Å². The van der Waals surface area contributed by atoms with Crippen molar-refractivity contribution in [1.82, 2.24) is 9.80 Å². The normalized spacial score (nSPS) is 18.2. The first kappa shape index (κ1) is 27.9. The number of amides is 1. The molecule has 1 heterocycles. The van der Waals surface area contributed by atoms with Gasteiger partial charge >= 0.3 is 6.18 Å². The highest BCUT2D eigenvalue weighted by Gasteiger charge is 2.37. The third-order valence-electron chi connectivity index (χ3n) is 7.39. The first-order valence-electron chi connectivity index (χ1n) is 13.3. The number of nitrogens with zero attached hydrogens (tertiary/aromatic N) is 2. The van der Waals surface area contributed by atoms with Crippen LogP contribution >= 0.6 is 0 Å². The Balaban J connectivity index is 1.60. The average molecular weight is 523 g/mol. The van der Waals surface area contributed by atoms with Gasteiger partial charge in [-0.25, -0.2) is 0 Å². The maximum absolute atomic E-state index is 13.6. The Morgan fingerprint density at radius 1 is 0.974 bits per heavy atom. The van der Waals surface area contributed by atoms with Crippen LogP contribution in [0.4, 0.5) is 13.2 Å². The van der Waals surface area contributed by atoms with Crippen LogP contribution in [0.25, 0.3) is 0 Å². The lowest BCUT2D eigenvalue weighted by Gasteiger charge is -2.30. The summed E-state index contributed by atoms with van der Waals surface area (Å²) in [6.45, 7) is 11.5. The lowest BCUT2D eigenvalue weighted by Crippen LogP contribution is -2.39. The smallest absolute Gasteiger partial charge is 0.338 e. The second-order valence-electron chi connectivity index (χ2n) is 11.1. The molecule has 3 aromatic carbocycles. The Hall–Kier alpha value is -3.12. The van der Waals surface area contributed by atoms with E-state index < -0.39 is 11.7 Å². The highest BCUT2D eigenvalue weighted by atomic mass is 19.4. The second kappa shape index (κ2) is 11.7. The molecule has 1 aliphatic heterocycles. The molecule has 1 amide bonds. The number of aryl methyl sites for hydroxylation is 2. The van der Waals surface area contributed by atoms with Crippen LogP contribution in [-0.2, 0) is 12.7 Å². The van der Waals surface area contributed by atoms with Gasteiger partial charge in [-0.15, -0.1) is 0 Å². The van der Waals surface area contributed by atoms with Gasteiger partial charge in [-0.3, -0.25) is 9.69 Å². The van der Waals surface area contributed by atoms with Crippen molar-refractivity contribution in [3.63, 3.8) is 0 Å². The van der Waals surface area contributed by atoms with E-state index in [9.17, 15) is 18.0 Å². The molecule has 1 saturated heterocycles. The Morgan fingerprint density at radius 2 is 1.68 bits per heavy atom. The van der Waals surface area contributed by atoms with Crippen LogP contribution in [0.3, 0.4) is 0 Å². The fraction of sp³-hybridized carbons (Fsp3) is 0.406. The molecule has 0 aliphatic carbocycles. The Kier molecular flexibility index (Phi) is 8.61. The topological polar surface area (TPSA) is 23.6 Å². The molecule has 3 aromatic rings. The van der Waals surface area contributed by atoms with E-state index in [1.165, 1.54) is 23.3 Å². The molecule has 6 heteroatoms. The zero-order chi connectivity index (χ0) is 27.4. The molecule has 1 fully saturated rings. The van der Waals surface area contributed by atoms with Crippen LogP contribution in [0.5, 0.6) is 0 Å². The molecule has 38 heavy (non-hydrogen) atoms. The number of rotatable bonds is 8. The number of carbonyl (C=O) groups excluding carboxylic acids is 1. The summed E-state index contributed by atoms with van der Waals surface area (Å²) in [5, 5.41) is 0. The molecule has 0 bridgehead atoms. The van der Waals surface area contributed by atoms with E-state index in [1.54, 1.807) is 6.07 Å². The average Bonchev–Trinajstić information content (AvgIpc) is 3.25. The summed E-state index contributed by atoms with van der Waals surface area (Å²) in [6.07, 6.45) is -4.36. The molecule has 0 radical (unpaired) electrons. The summed E-state index contributed by atoms with van der Waals surface area (Å²) >= 11 is 0. The fourth-order valence-corrected chi connectivity index (χ4v) is 5.58. The molecule has 2 unspecified atom stereocenters. The minimum Gasteiger partial charge on any atom is -0.338 e. The minimum absolute atomic E-state index is 0.0264. The van der Waals surface area contributed by atoms with E-state index in [0.717, 1.165) is 18.2 Å². The van der Waals surface area contributed by atoms with Gasteiger partial charge in [0.25, 0.3) is 5.91 Å². The zero-order valence-corrected chi connectivity index (χ0v) is 22.6. The summed E-state index contributed by atoms with van der Waals surface area (Å²) in [5.74, 6) is 0.681. The maximum atomic E-state index is 13.6. The molecule has 4 rings (SSSR count). The van der Waals surface area contributed by atoms with Crippen LogP contribution in [0.2, 0.25) is 0 Å². The van der Waals surface area contributed by atoms with E-state index in [0.29, 0.717) is 43.2 Å². The molecule has 0 spiro atoms. The van der Waals surface area contributed by atoms with E-state index in [4.69, 9.17) is 0 Å². The highest BCUT2D eigenvalue weighted by Crippen LogP contribution is 2.37. The molecular formula is C32H37F3N2O. The molecule has 202 valence electrons. The van der Waals surface area contributed by atoms with Gasteiger partial charge in [0.1, 0.15) is 0 Å². The first-order valence-corrected chi connectivity index (χ1v) is 13.3. The van der Waals surface area contributed by atoms with Crippen molar-refractivity contribution in [1.29, 1.82) is 0 Å². The highest BCUT2D eigenvalue weighted by molar-refractivity contribution is 5.94. The van der Waals surface area contributed by atoms with Crippen LogP contribution in [0, 0.1) is 25.7 Å². The van der Waals surface area contributed by atoms with Gasteiger partial charge in [-0.2, -0.15) is 13.2 Å². The van der Waals surface area contributed by atoms with Gasteiger partial charge in [-0.1, -0.05) is 74.0 Å². The van der Waals surface area contributed by atoms with Gasteiger partial charge in [0.05, 0.1) is 5.56 Å². The van der Waals surface area contributed by atoms with E-state index in [2.05, 4.69) is 37.8 Å². The number of carbonyl (C=O) groups is 1. The molecule has 1 aliphatic rings. The van der Waals surface area contributed by atoms with Crippen molar-refractivity contribution < 1.29 is 18.0 Å². The number of likely N-dealkylation sites (tertiary alicyclic amines) is 1. The molecule has 0 aromatic heterocycles. The van der Waals surface area contributed by atoms with E-state index >= 15 is 0 Å². The zero-order valence-electron chi connectivity index (χ0n) is 22.6. The van der Waals surface area contributed by atoms with Crippen molar-refractivity contribution in [3.8, 4) is 0 Å². The number of hydrogen-bond donors (Lipinski definition) is 0. The van der Waals surface area contributed by atoms with Gasteiger partial charge in [0, 0.05) is 44.2 Å². The van der Waals surface area contributed by atoms with Gasteiger partial charge < -0.3 is 4.90 Å². The van der Waals surface area contributed by atoms with Crippen molar-refractivity contribution in [2.24, 2.45) is 11.8 Å². The molecule has 3 nitrogen and oxygen atoms in total. The van der Waals surface area contributed by atoms with Crippen molar-refractivity contribution in [3.05, 3.63) is 106 Å². The van der Waals surface area contributed by atoms with E-state index in [1.807, 2.05) is 48.2 Å². The minimum atomic E-state index is -4.36. The second-order valence-corrected chi connectivity index (χ2v) is 11.1. The Labute approximate surface area is 224 Å². The number of benzene rings is 3. The molecule has 2 atom stereocenters.